The molecule has 0 spiro atoms. The zero-order chi connectivity index (χ0) is 18.2. The summed E-state index contributed by atoms with van der Waals surface area (Å²) in [7, 11) is 0. The second-order valence-corrected chi connectivity index (χ2v) is 6.77. The minimum Gasteiger partial charge on any atom is -0.450 e. The van der Waals surface area contributed by atoms with E-state index in [1.807, 2.05) is 12.1 Å². The fraction of sp³-hybridized carbons (Fsp3) is 0.529. The van der Waals surface area contributed by atoms with Crippen molar-refractivity contribution in [2.24, 2.45) is 10.7 Å². The Labute approximate surface area is 158 Å². The second kappa shape index (κ2) is 9.73. The summed E-state index contributed by atoms with van der Waals surface area (Å²) in [4.78, 5) is 17.7. The summed E-state index contributed by atoms with van der Waals surface area (Å²) in [5, 5.41) is 4.45. The van der Waals surface area contributed by atoms with Gasteiger partial charge in [-0.15, -0.1) is 0 Å². The second-order valence-electron chi connectivity index (χ2n) is 5.90. The van der Waals surface area contributed by atoms with Crippen LogP contribution in [0.4, 0.5) is 4.79 Å². The van der Waals surface area contributed by atoms with Crippen LogP contribution < -0.4 is 11.1 Å². The minimum atomic E-state index is -0.247. The van der Waals surface area contributed by atoms with Crippen LogP contribution in [-0.2, 0) is 11.2 Å². The van der Waals surface area contributed by atoms with Gasteiger partial charge in [0.25, 0.3) is 0 Å². The molecule has 1 saturated heterocycles. The highest BCUT2D eigenvalue weighted by atomic mass is 35.5. The average molecular weight is 387 g/mol. The van der Waals surface area contributed by atoms with E-state index >= 15 is 0 Å². The molecule has 1 aromatic rings. The Hall–Kier alpha value is -1.66. The minimum absolute atomic E-state index is 0.218. The highest BCUT2D eigenvalue weighted by molar-refractivity contribution is 6.34. The third-order valence-electron chi connectivity index (χ3n) is 3.98. The van der Waals surface area contributed by atoms with Crippen molar-refractivity contribution in [1.82, 2.24) is 10.2 Å². The summed E-state index contributed by atoms with van der Waals surface area (Å²) in [6, 6.07) is 5.67. The number of amides is 1. The third kappa shape index (κ3) is 6.63. The number of halogens is 2. The van der Waals surface area contributed by atoms with E-state index in [1.165, 1.54) is 0 Å². The van der Waals surface area contributed by atoms with Crippen molar-refractivity contribution in [3.63, 3.8) is 0 Å². The highest BCUT2D eigenvalue weighted by Gasteiger charge is 2.23. The predicted molar refractivity (Wildman–Crippen MR) is 101 cm³/mol. The van der Waals surface area contributed by atoms with Gasteiger partial charge < -0.3 is 20.7 Å². The molecule has 6 nitrogen and oxygen atoms in total. The summed E-state index contributed by atoms with van der Waals surface area (Å²) in [6.07, 6.45) is 2.10. The normalized spacial score (nSPS) is 16.0. The molecule has 1 aromatic carbocycles. The van der Waals surface area contributed by atoms with Crippen LogP contribution in [0.5, 0.6) is 0 Å². The van der Waals surface area contributed by atoms with Gasteiger partial charge in [-0.2, -0.15) is 0 Å². The van der Waals surface area contributed by atoms with Crippen LogP contribution in [0.2, 0.25) is 10.0 Å². The summed E-state index contributed by atoms with van der Waals surface area (Å²) in [6.45, 7) is 4.07. The summed E-state index contributed by atoms with van der Waals surface area (Å²) < 4.78 is 5.01. The summed E-state index contributed by atoms with van der Waals surface area (Å²) in [5.41, 5.74) is 6.98. The fourth-order valence-electron chi connectivity index (χ4n) is 2.74. The van der Waals surface area contributed by atoms with Gasteiger partial charge in [0.05, 0.1) is 6.61 Å². The zero-order valence-corrected chi connectivity index (χ0v) is 15.8. The quantitative estimate of drug-likeness (QED) is 0.601. The van der Waals surface area contributed by atoms with Crippen LogP contribution in [0.25, 0.3) is 0 Å². The molecule has 0 saturated carbocycles. The number of ether oxygens (including phenoxy) is 1. The van der Waals surface area contributed by atoms with Crippen LogP contribution in [0.3, 0.4) is 0 Å². The Morgan fingerprint density at radius 3 is 2.56 bits per heavy atom. The van der Waals surface area contributed by atoms with E-state index in [0.29, 0.717) is 48.7 Å². The number of rotatable bonds is 5. The maximum atomic E-state index is 11.7. The number of benzene rings is 1. The van der Waals surface area contributed by atoms with Crippen molar-refractivity contribution in [3.05, 3.63) is 33.8 Å². The van der Waals surface area contributed by atoms with Crippen molar-refractivity contribution in [3.8, 4) is 0 Å². The van der Waals surface area contributed by atoms with Crippen molar-refractivity contribution in [2.75, 3.05) is 26.2 Å². The smallest absolute Gasteiger partial charge is 0.409 e. The maximum Gasteiger partial charge on any atom is 0.409 e. The molecule has 2 rings (SSSR count). The molecule has 0 aliphatic carbocycles. The first kappa shape index (κ1) is 19.7. The lowest BCUT2D eigenvalue weighted by atomic mass is 10.1. The molecular formula is C17H24Cl2N4O2. The number of nitrogens with zero attached hydrogens (tertiary/aromatic N) is 2. The Kier molecular flexibility index (Phi) is 7.65. The number of hydrogen-bond acceptors (Lipinski definition) is 3. The van der Waals surface area contributed by atoms with Crippen LogP contribution >= 0.6 is 23.2 Å². The van der Waals surface area contributed by atoms with Gasteiger partial charge in [-0.05, 0) is 49.9 Å². The molecule has 0 aromatic heterocycles. The van der Waals surface area contributed by atoms with Gasteiger partial charge in [0.1, 0.15) is 0 Å². The molecule has 1 aliphatic heterocycles. The molecule has 1 amide bonds. The third-order valence-corrected chi connectivity index (χ3v) is 4.41. The standard InChI is InChI=1S/C17H24Cl2N4O2/c1-2-25-17(24)23-7-4-15(5-8-23)22-16(20)21-6-3-12-9-13(18)11-14(19)10-12/h9-11,15H,2-8H2,1H3,(H3,20,21,22). The lowest BCUT2D eigenvalue weighted by Gasteiger charge is -2.31. The molecule has 0 unspecified atom stereocenters. The fourth-order valence-corrected chi connectivity index (χ4v) is 3.31. The molecular weight excluding hydrogens is 363 g/mol. The van der Waals surface area contributed by atoms with Gasteiger partial charge in [0.15, 0.2) is 5.96 Å². The summed E-state index contributed by atoms with van der Waals surface area (Å²) in [5.74, 6) is 0.419. The molecule has 0 atom stereocenters. The van der Waals surface area contributed by atoms with Crippen molar-refractivity contribution in [2.45, 2.75) is 32.2 Å². The lowest BCUT2D eigenvalue weighted by Crippen LogP contribution is -2.48. The molecule has 8 heteroatoms. The Bertz CT molecular complexity index is 596. The van der Waals surface area contributed by atoms with E-state index in [9.17, 15) is 4.79 Å². The number of carbonyl (C=O) groups excluding carboxylic acids is 1. The SMILES string of the molecule is CCOC(=O)N1CCC(NC(N)=NCCc2cc(Cl)cc(Cl)c2)CC1. The van der Waals surface area contributed by atoms with Crippen LogP contribution in [0, 0.1) is 0 Å². The number of hydrogen-bond donors (Lipinski definition) is 2. The van der Waals surface area contributed by atoms with Gasteiger partial charge in [0.2, 0.25) is 0 Å². The number of guanidine groups is 1. The van der Waals surface area contributed by atoms with Gasteiger partial charge in [-0.1, -0.05) is 23.2 Å². The monoisotopic (exact) mass is 386 g/mol. The topological polar surface area (TPSA) is 80.0 Å². The van der Waals surface area contributed by atoms with E-state index in [1.54, 1.807) is 17.9 Å². The molecule has 25 heavy (non-hydrogen) atoms. The van der Waals surface area contributed by atoms with Gasteiger partial charge in [-0.25, -0.2) is 4.79 Å². The number of piperidine rings is 1. The number of aliphatic imine (C=N–C) groups is 1. The predicted octanol–water partition coefficient (Wildman–Crippen LogP) is 3.06. The number of nitrogens with two attached hydrogens (primary N) is 1. The molecule has 1 aliphatic rings. The molecule has 1 fully saturated rings. The van der Waals surface area contributed by atoms with Crippen LogP contribution in [0.15, 0.2) is 23.2 Å². The van der Waals surface area contributed by atoms with Gasteiger partial charge >= 0.3 is 6.09 Å². The molecule has 138 valence electrons. The van der Waals surface area contributed by atoms with Crippen molar-refractivity contribution in [1.29, 1.82) is 0 Å². The molecule has 3 N–H and O–H groups in total. The molecule has 1 heterocycles. The first-order valence-corrected chi connectivity index (χ1v) is 9.16. The first-order chi connectivity index (χ1) is 12.0. The highest BCUT2D eigenvalue weighted by Crippen LogP contribution is 2.19. The number of likely N-dealkylation sites (tertiary alicyclic amines) is 1. The van der Waals surface area contributed by atoms with Crippen molar-refractivity contribution < 1.29 is 9.53 Å². The molecule has 0 radical (unpaired) electrons. The maximum absolute atomic E-state index is 11.7. The van der Waals surface area contributed by atoms with Gasteiger partial charge in [-0.3, -0.25) is 4.99 Å². The van der Waals surface area contributed by atoms with Gasteiger partial charge in [0, 0.05) is 35.7 Å². The zero-order valence-electron chi connectivity index (χ0n) is 14.3. The molecule has 0 bridgehead atoms. The average Bonchev–Trinajstić information content (AvgIpc) is 2.55. The number of carbonyl (C=O) groups is 1. The van der Waals surface area contributed by atoms with E-state index in [2.05, 4.69) is 10.3 Å². The van der Waals surface area contributed by atoms with E-state index in [0.717, 1.165) is 18.4 Å². The van der Waals surface area contributed by atoms with Crippen LogP contribution in [0.1, 0.15) is 25.3 Å². The van der Waals surface area contributed by atoms with Crippen LogP contribution in [-0.4, -0.2) is 49.2 Å². The Balaban J connectivity index is 1.74. The number of nitrogens with one attached hydrogen (secondary N) is 1. The largest absolute Gasteiger partial charge is 0.450 e. The van der Waals surface area contributed by atoms with E-state index in [4.69, 9.17) is 33.7 Å². The Morgan fingerprint density at radius 2 is 1.96 bits per heavy atom. The summed E-state index contributed by atoms with van der Waals surface area (Å²) >= 11 is 12.0. The van der Waals surface area contributed by atoms with Crippen molar-refractivity contribution >= 4 is 35.3 Å². The first-order valence-electron chi connectivity index (χ1n) is 8.41. The van der Waals surface area contributed by atoms with E-state index < -0.39 is 0 Å². The van der Waals surface area contributed by atoms with E-state index in [-0.39, 0.29) is 12.1 Å². The lowest BCUT2D eigenvalue weighted by molar-refractivity contribution is 0.0963. The Morgan fingerprint density at radius 1 is 1.32 bits per heavy atom.